The van der Waals surface area contributed by atoms with Crippen LogP contribution < -0.4 is 10.2 Å². The molecule has 0 spiro atoms. The Labute approximate surface area is 161 Å². The van der Waals surface area contributed by atoms with Crippen LogP contribution in [0.3, 0.4) is 0 Å². The summed E-state index contributed by atoms with van der Waals surface area (Å²) in [7, 11) is 3.86. The van der Waals surface area contributed by atoms with Gasteiger partial charge in [0.15, 0.2) is 0 Å². The van der Waals surface area contributed by atoms with Crippen molar-refractivity contribution >= 4 is 34.7 Å². The number of aromatic nitrogens is 2. The normalized spacial score (nSPS) is 10.6. The number of benzene rings is 1. The molecular formula is C19H19ClN4OS. The molecule has 5 nitrogen and oxygen atoms in total. The lowest BCUT2D eigenvalue weighted by molar-refractivity contribution is 0.0954. The topological polar surface area (TPSA) is 58.1 Å². The lowest BCUT2D eigenvalue weighted by Crippen LogP contribution is -2.24. The SMILES string of the molecule is Cc1nc(-c2cccc(Cl)c2)sc1C(=O)NCc1cccnc1N(C)C. The van der Waals surface area contributed by atoms with Crippen LogP contribution in [0.5, 0.6) is 0 Å². The largest absolute Gasteiger partial charge is 0.362 e. The van der Waals surface area contributed by atoms with Gasteiger partial charge in [0.2, 0.25) is 0 Å². The first-order chi connectivity index (χ1) is 12.5. The van der Waals surface area contributed by atoms with Gasteiger partial charge in [-0.05, 0) is 25.1 Å². The van der Waals surface area contributed by atoms with Gasteiger partial charge in [-0.2, -0.15) is 0 Å². The standard InChI is InChI=1S/C19H19ClN4OS/c1-12-16(26-19(23-12)13-6-4-8-15(20)10-13)18(25)22-11-14-7-5-9-21-17(14)24(2)3/h4-10H,11H2,1-3H3,(H,22,25). The van der Waals surface area contributed by atoms with Gasteiger partial charge in [-0.1, -0.05) is 29.8 Å². The van der Waals surface area contributed by atoms with E-state index in [9.17, 15) is 4.79 Å². The summed E-state index contributed by atoms with van der Waals surface area (Å²) in [6.07, 6.45) is 1.74. The highest BCUT2D eigenvalue weighted by Gasteiger charge is 2.17. The number of carbonyl (C=O) groups excluding carboxylic acids is 1. The van der Waals surface area contributed by atoms with Crippen molar-refractivity contribution in [3.05, 3.63) is 63.8 Å². The van der Waals surface area contributed by atoms with E-state index < -0.39 is 0 Å². The Morgan fingerprint density at radius 1 is 1.27 bits per heavy atom. The third-order valence-corrected chi connectivity index (χ3v) is 5.25. The Balaban J connectivity index is 1.77. The fourth-order valence-electron chi connectivity index (χ4n) is 2.58. The molecule has 0 aliphatic heterocycles. The van der Waals surface area contributed by atoms with Gasteiger partial charge in [0.05, 0.1) is 5.69 Å². The zero-order chi connectivity index (χ0) is 18.7. The summed E-state index contributed by atoms with van der Waals surface area (Å²) < 4.78 is 0. The van der Waals surface area contributed by atoms with Crippen LogP contribution >= 0.6 is 22.9 Å². The summed E-state index contributed by atoms with van der Waals surface area (Å²) in [5.74, 6) is 0.704. The minimum atomic E-state index is -0.137. The lowest BCUT2D eigenvalue weighted by Gasteiger charge is -2.15. The monoisotopic (exact) mass is 386 g/mol. The van der Waals surface area contributed by atoms with Crippen LogP contribution in [-0.2, 0) is 6.54 Å². The molecule has 2 heterocycles. The highest BCUT2D eigenvalue weighted by atomic mass is 35.5. The average Bonchev–Trinajstić information content (AvgIpc) is 3.02. The Morgan fingerprint density at radius 3 is 2.81 bits per heavy atom. The van der Waals surface area contributed by atoms with Gasteiger partial charge in [-0.15, -0.1) is 11.3 Å². The maximum absolute atomic E-state index is 12.6. The van der Waals surface area contributed by atoms with Crippen LogP contribution in [0.25, 0.3) is 10.6 Å². The fraction of sp³-hybridized carbons (Fsp3) is 0.211. The highest BCUT2D eigenvalue weighted by molar-refractivity contribution is 7.17. The minimum absolute atomic E-state index is 0.137. The summed E-state index contributed by atoms with van der Waals surface area (Å²) in [4.78, 5) is 24.0. The average molecular weight is 387 g/mol. The summed E-state index contributed by atoms with van der Waals surface area (Å²) in [5.41, 5.74) is 2.58. The summed E-state index contributed by atoms with van der Waals surface area (Å²) >= 11 is 7.42. The van der Waals surface area contributed by atoms with Crippen LogP contribution in [0.1, 0.15) is 20.9 Å². The van der Waals surface area contributed by atoms with Crippen LogP contribution in [0.4, 0.5) is 5.82 Å². The number of thiazole rings is 1. The molecule has 1 N–H and O–H groups in total. The van der Waals surface area contributed by atoms with E-state index in [1.807, 2.05) is 62.3 Å². The number of rotatable bonds is 5. The van der Waals surface area contributed by atoms with Crippen molar-refractivity contribution in [3.8, 4) is 10.6 Å². The Bertz CT molecular complexity index is 939. The van der Waals surface area contributed by atoms with Crippen molar-refractivity contribution in [2.45, 2.75) is 13.5 Å². The zero-order valence-electron chi connectivity index (χ0n) is 14.8. The number of hydrogen-bond donors (Lipinski definition) is 1. The third kappa shape index (κ3) is 4.03. The predicted molar refractivity (Wildman–Crippen MR) is 107 cm³/mol. The summed E-state index contributed by atoms with van der Waals surface area (Å²) in [5, 5.41) is 4.40. The molecule has 3 rings (SSSR count). The number of nitrogens with zero attached hydrogens (tertiary/aromatic N) is 3. The first-order valence-corrected chi connectivity index (χ1v) is 9.28. The molecule has 2 aromatic heterocycles. The molecule has 0 radical (unpaired) electrons. The number of halogens is 1. The van der Waals surface area contributed by atoms with E-state index in [2.05, 4.69) is 15.3 Å². The fourth-order valence-corrected chi connectivity index (χ4v) is 3.75. The van der Waals surface area contributed by atoms with Gasteiger partial charge in [-0.3, -0.25) is 4.79 Å². The maximum Gasteiger partial charge on any atom is 0.263 e. The summed E-state index contributed by atoms with van der Waals surface area (Å²) in [6, 6.07) is 11.3. The number of carbonyl (C=O) groups is 1. The van der Waals surface area contributed by atoms with E-state index in [4.69, 9.17) is 11.6 Å². The number of hydrogen-bond acceptors (Lipinski definition) is 5. The zero-order valence-corrected chi connectivity index (χ0v) is 16.4. The molecule has 0 aliphatic rings. The van der Waals surface area contributed by atoms with Crippen molar-refractivity contribution in [2.24, 2.45) is 0 Å². The second-order valence-electron chi connectivity index (χ2n) is 6.01. The van der Waals surface area contributed by atoms with E-state index in [-0.39, 0.29) is 5.91 Å². The van der Waals surface area contributed by atoms with Gasteiger partial charge in [0, 0.05) is 43.0 Å². The minimum Gasteiger partial charge on any atom is -0.362 e. The Hall–Kier alpha value is -2.44. The summed E-state index contributed by atoms with van der Waals surface area (Å²) in [6.45, 7) is 2.25. The van der Waals surface area contributed by atoms with E-state index >= 15 is 0 Å². The molecule has 26 heavy (non-hydrogen) atoms. The number of aryl methyl sites for hydroxylation is 1. The Kier molecular flexibility index (Phi) is 5.54. The van der Waals surface area contributed by atoms with Gasteiger partial charge >= 0.3 is 0 Å². The first-order valence-electron chi connectivity index (χ1n) is 8.08. The van der Waals surface area contributed by atoms with Gasteiger partial charge in [-0.25, -0.2) is 9.97 Å². The van der Waals surface area contributed by atoms with E-state index in [1.165, 1.54) is 11.3 Å². The predicted octanol–water partition coefficient (Wildman–Crippen LogP) is 4.16. The number of pyridine rings is 1. The van der Waals surface area contributed by atoms with E-state index in [0.717, 1.165) is 22.0 Å². The molecule has 0 bridgehead atoms. The Morgan fingerprint density at radius 2 is 2.08 bits per heavy atom. The molecule has 1 amide bonds. The van der Waals surface area contributed by atoms with E-state index in [1.54, 1.807) is 6.20 Å². The van der Waals surface area contributed by atoms with Crippen molar-refractivity contribution in [1.82, 2.24) is 15.3 Å². The van der Waals surface area contributed by atoms with Crippen molar-refractivity contribution in [2.75, 3.05) is 19.0 Å². The van der Waals surface area contributed by atoms with Crippen molar-refractivity contribution < 1.29 is 4.79 Å². The molecule has 3 aromatic rings. The lowest BCUT2D eigenvalue weighted by atomic mass is 10.2. The first kappa shape index (κ1) is 18.4. The molecule has 7 heteroatoms. The molecule has 0 saturated carbocycles. The van der Waals surface area contributed by atoms with Crippen molar-refractivity contribution in [1.29, 1.82) is 0 Å². The van der Waals surface area contributed by atoms with Gasteiger partial charge in [0.25, 0.3) is 5.91 Å². The van der Waals surface area contributed by atoms with Crippen molar-refractivity contribution in [3.63, 3.8) is 0 Å². The molecule has 0 fully saturated rings. The van der Waals surface area contributed by atoms with Crippen LogP contribution in [-0.4, -0.2) is 30.0 Å². The number of amides is 1. The number of nitrogens with one attached hydrogen (secondary N) is 1. The molecule has 1 aromatic carbocycles. The van der Waals surface area contributed by atoms with E-state index in [0.29, 0.717) is 22.1 Å². The maximum atomic E-state index is 12.6. The smallest absolute Gasteiger partial charge is 0.263 e. The second kappa shape index (κ2) is 7.85. The molecule has 134 valence electrons. The molecular weight excluding hydrogens is 368 g/mol. The van der Waals surface area contributed by atoms with Gasteiger partial charge in [0.1, 0.15) is 15.7 Å². The van der Waals surface area contributed by atoms with Crippen LogP contribution in [0.2, 0.25) is 5.02 Å². The second-order valence-corrected chi connectivity index (χ2v) is 7.44. The molecule has 0 aliphatic carbocycles. The quantitative estimate of drug-likeness (QED) is 0.715. The molecule has 0 unspecified atom stereocenters. The molecule has 0 atom stereocenters. The van der Waals surface area contributed by atoms with Crippen LogP contribution in [0.15, 0.2) is 42.6 Å². The van der Waals surface area contributed by atoms with Crippen LogP contribution in [0, 0.1) is 6.92 Å². The third-order valence-electron chi connectivity index (χ3n) is 3.80. The molecule has 0 saturated heterocycles. The van der Waals surface area contributed by atoms with Gasteiger partial charge < -0.3 is 10.2 Å². The number of anilines is 1. The highest BCUT2D eigenvalue weighted by Crippen LogP contribution is 2.29.